The van der Waals surface area contributed by atoms with Gasteiger partial charge in [0.2, 0.25) is 0 Å². The normalized spacial score (nSPS) is 7.00. The monoisotopic (exact) mass is 111 g/mol. The summed E-state index contributed by atoms with van der Waals surface area (Å²) < 4.78 is 0. The van der Waals surface area contributed by atoms with Gasteiger partial charge >= 0.3 is 0 Å². The van der Waals surface area contributed by atoms with Crippen LogP contribution >= 0.6 is 0 Å². The van der Waals surface area contributed by atoms with Gasteiger partial charge in [0.05, 0.1) is 11.9 Å². The Bertz CT molecular complexity index is 111. The zero-order chi connectivity index (χ0) is 6.41. The minimum Gasteiger partial charge on any atom is -0.375 e. The van der Waals surface area contributed by atoms with Crippen molar-refractivity contribution in [3.05, 3.63) is 12.4 Å². The number of hydrogen-bond donors (Lipinski definition) is 2. The van der Waals surface area contributed by atoms with Crippen LogP contribution in [0.25, 0.3) is 0 Å². The summed E-state index contributed by atoms with van der Waals surface area (Å²) >= 11 is 0. The maximum atomic E-state index is 8.03. The van der Waals surface area contributed by atoms with Crippen molar-refractivity contribution < 1.29 is 0 Å². The summed E-state index contributed by atoms with van der Waals surface area (Å²) in [4.78, 5) is 0. The van der Waals surface area contributed by atoms with Crippen LogP contribution in [0.15, 0.2) is 12.4 Å². The third-order valence-electron chi connectivity index (χ3n) is 0.683. The van der Waals surface area contributed by atoms with Crippen LogP contribution in [0.4, 0.5) is 0 Å². The topological polar surface area (TPSA) is 47.8 Å². The summed E-state index contributed by atoms with van der Waals surface area (Å²) in [6.45, 7) is 3.84. The number of rotatable bonds is 3. The van der Waals surface area contributed by atoms with Gasteiger partial charge in [0.15, 0.2) is 0 Å². The van der Waals surface area contributed by atoms with Crippen LogP contribution < -0.4 is 10.6 Å². The average molecular weight is 111 g/mol. The molecule has 0 radical (unpaired) electrons. The third-order valence-corrected chi connectivity index (χ3v) is 0.683. The van der Waals surface area contributed by atoms with Crippen molar-refractivity contribution in [3.8, 4) is 6.07 Å². The average Bonchev–Trinajstić information content (AvgIpc) is 1.83. The highest BCUT2D eigenvalue weighted by molar-refractivity contribution is 4.90. The molecule has 0 aliphatic carbocycles. The van der Waals surface area contributed by atoms with E-state index < -0.39 is 0 Å². The minimum atomic E-state index is 0.305. The summed E-state index contributed by atoms with van der Waals surface area (Å²) in [5.74, 6) is 0.673. The van der Waals surface area contributed by atoms with Gasteiger partial charge in [0, 0.05) is 7.05 Å². The highest BCUT2D eigenvalue weighted by atomic mass is 15.1. The molecule has 0 saturated carbocycles. The predicted molar refractivity (Wildman–Crippen MR) is 31.8 cm³/mol. The van der Waals surface area contributed by atoms with Crippen molar-refractivity contribution in [1.82, 2.24) is 10.6 Å². The first-order valence-corrected chi connectivity index (χ1v) is 2.28. The second-order valence-electron chi connectivity index (χ2n) is 1.24. The van der Waals surface area contributed by atoms with Crippen LogP contribution in [0.1, 0.15) is 0 Å². The van der Waals surface area contributed by atoms with E-state index in [0.717, 1.165) is 0 Å². The van der Waals surface area contributed by atoms with E-state index in [4.69, 9.17) is 5.26 Å². The summed E-state index contributed by atoms with van der Waals surface area (Å²) in [7, 11) is 1.74. The minimum absolute atomic E-state index is 0.305. The molecule has 0 aliphatic heterocycles. The fourth-order valence-corrected chi connectivity index (χ4v) is 0.235. The zero-order valence-electron chi connectivity index (χ0n) is 4.86. The van der Waals surface area contributed by atoms with Crippen LogP contribution in [0.5, 0.6) is 0 Å². The molecule has 0 fully saturated rings. The quantitative estimate of drug-likeness (QED) is 0.495. The van der Waals surface area contributed by atoms with E-state index in [2.05, 4.69) is 17.2 Å². The van der Waals surface area contributed by atoms with Gasteiger partial charge in [0.25, 0.3) is 0 Å². The van der Waals surface area contributed by atoms with Crippen LogP contribution in [-0.2, 0) is 0 Å². The molecule has 0 unspecified atom stereocenters. The summed E-state index contributed by atoms with van der Waals surface area (Å²) in [6.07, 6.45) is 0. The van der Waals surface area contributed by atoms with Gasteiger partial charge in [-0.1, -0.05) is 6.58 Å². The lowest BCUT2D eigenvalue weighted by atomic mass is 10.6. The van der Waals surface area contributed by atoms with Crippen molar-refractivity contribution >= 4 is 0 Å². The van der Waals surface area contributed by atoms with Gasteiger partial charge in [-0.25, -0.2) is 0 Å². The van der Waals surface area contributed by atoms with E-state index in [9.17, 15) is 0 Å². The summed E-state index contributed by atoms with van der Waals surface area (Å²) in [5.41, 5.74) is 0. The number of nitriles is 1. The molecular formula is C5H9N3. The number of hydrogen-bond acceptors (Lipinski definition) is 3. The van der Waals surface area contributed by atoms with Crippen LogP contribution in [-0.4, -0.2) is 13.6 Å². The van der Waals surface area contributed by atoms with Gasteiger partial charge in [-0.3, -0.25) is 0 Å². The van der Waals surface area contributed by atoms with Gasteiger partial charge in [0.1, 0.15) is 6.54 Å². The number of nitrogens with zero attached hydrogens (tertiary/aromatic N) is 1. The molecule has 0 spiro atoms. The fourth-order valence-electron chi connectivity index (χ4n) is 0.235. The molecule has 3 nitrogen and oxygen atoms in total. The Balaban J connectivity index is 3.15. The SMILES string of the molecule is C=C(NC)NCC#N. The maximum Gasteiger partial charge on any atom is 0.104 e. The Hall–Kier alpha value is -1.17. The zero-order valence-corrected chi connectivity index (χ0v) is 4.86. The molecule has 0 rings (SSSR count). The Morgan fingerprint density at radius 1 is 1.88 bits per heavy atom. The largest absolute Gasteiger partial charge is 0.375 e. The second-order valence-corrected chi connectivity index (χ2v) is 1.24. The Morgan fingerprint density at radius 2 is 2.50 bits per heavy atom. The Morgan fingerprint density at radius 3 is 2.88 bits per heavy atom. The van der Waals surface area contributed by atoms with E-state index in [1.807, 2.05) is 6.07 Å². The predicted octanol–water partition coefficient (Wildman–Crippen LogP) is -0.210. The number of nitrogens with one attached hydrogen (secondary N) is 2. The smallest absolute Gasteiger partial charge is 0.104 e. The van der Waals surface area contributed by atoms with E-state index in [-0.39, 0.29) is 0 Å². The van der Waals surface area contributed by atoms with Crippen LogP contribution in [0.3, 0.4) is 0 Å². The highest BCUT2D eigenvalue weighted by Crippen LogP contribution is 1.68. The lowest BCUT2D eigenvalue weighted by Gasteiger charge is -2.01. The summed E-state index contributed by atoms with van der Waals surface area (Å²) in [6, 6.07) is 1.92. The van der Waals surface area contributed by atoms with Crippen molar-refractivity contribution in [1.29, 1.82) is 5.26 Å². The molecular weight excluding hydrogens is 102 g/mol. The standard InChI is InChI=1S/C5H9N3/c1-5(7-2)8-4-3-6/h7-8H,1,4H2,2H3. The van der Waals surface area contributed by atoms with E-state index in [0.29, 0.717) is 12.4 Å². The van der Waals surface area contributed by atoms with Gasteiger partial charge in [-0.15, -0.1) is 0 Å². The van der Waals surface area contributed by atoms with Crippen molar-refractivity contribution in [3.63, 3.8) is 0 Å². The van der Waals surface area contributed by atoms with Crippen molar-refractivity contribution in [2.75, 3.05) is 13.6 Å². The molecule has 0 aromatic carbocycles. The van der Waals surface area contributed by atoms with Crippen molar-refractivity contribution in [2.24, 2.45) is 0 Å². The third kappa shape index (κ3) is 3.04. The molecule has 8 heavy (non-hydrogen) atoms. The lowest BCUT2D eigenvalue weighted by Crippen LogP contribution is -2.22. The lowest BCUT2D eigenvalue weighted by molar-refractivity contribution is 0.805. The molecule has 0 atom stereocenters. The highest BCUT2D eigenvalue weighted by Gasteiger charge is 1.81. The maximum absolute atomic E-state index is 8.03. The molecule has 0 heterocycles. The van der Waals surface area contributed by atoms with Crippen LogP contribution in [0, 0.1) is 11.3 Å². The van der Waals surface area contributed by atoms with E-state index in [1.54, 1.807) is 7.05 Å². The second kappa shape index (κ2) is 4.00. The van der Waals surface area contributed by atoms with Crippen molar-refractivity contribution in [2.45, 2.75) is 0 Å². The fraction of sp³-hybridized carbons (Fsp3) is 0.400. The van der Waals surface area contributed by atoms with Crippen LogP contribution in [0.2, 0.25) is 0 Å². The first-order valence-electron chi connectivity index (χ1n) is 2.28. The molecule has 0 amide bonds. The van der Waals surface area contributed by atoms with E-state index >= 15 is 0 Å². The first-order chi connectivity index (χ1) is 3.81. The molecule has 0 bridgehead atoms. The first kappa shape index (κ1) is 6.83. The van der Waals surface area contributed by atoms with Gasteiger partial charge in [-0.05, 0) is 0 Å². The van der Waals surface area contributed by atoms with Gasteiger partial charge < -0.3 is 10.6 Å². The molecule has 0 saturated heterocycles. The molecule has 0 aromatic rings. The summed E-state index contributed by atoms with van der Waals surface area (Å²) in [5, 5.41) is 13.5. The molecule has 44 valence electrons. The Labute approximate surface area is 49.0 Å². The molecule has 3 heteroatoms. The Kier molecular flexibility index (Phi) is 3.42. The van der Waals surface area contributed by atoms with E-state index in [1.165, 1.54) is 0 Å². The molecule has 2 N–H and O–H groups in total. The van der Waals surface area contributed by atoms with Gasteiger partial charge in [-0.2, -0.15) is 5.26 Å². The molecule has 0 aliphatic rings. The molecule has 0 aromatic heterocycles.